The standard InChI is InChI=1S/C15H25NO3/c1-11(2)12-4-5-15(19-3)13(8-12)9-16-14(10-18)6-7-17/h4-5,8,11,14,16-18H,6-7,9-10H2,1-3H3. The quantitative estimate of drug-likeness (QED) is 0.670. The molecule has 108 valence electrons. The second kappa shape index (κ2) is 8.15. The van der Waals surface area contributed by atoms with Gasteiger partial charge in [0.2, 0.25) is 0 Å². The molecule has 0 saturated carbocycles. The molecule has 0 aromatic heterocycles. The van der Waals surface area contributed by atoms with Crippen LogP contribution in [0.25, 0.3) is 0 Å². The summed E-state index contributed by atoms with van der Waals surface area (Å²) in [5.74, 6) is 1.31. The molecule has 3 N–H and O–H groups in total. The molecule has 0 aliphatic heterocycles. The van der Waals surface area contributed by atoms with Crippen LogP contribution in [0.4, 0.5) is 0 Å². The van der Waals surface area contributed by atoms with Gasteiger partial charge >= 0.3 is 0 Å². The van der Waals surface area contributed by atoms with E-state index in [4.69, 9.17) is 9.84 Å². The summed E-state index contributed by atoms with van der Waals surface area (Å²) in [6.07, 6.45) is 0.544. The molecule has 0 saturated heterocycles. The molecule has 4 nitrogen and oxygen atoms in total. The monoisotopic (exact) mass is 267 g/mol. The molecule has 0 aliphatic carbocycles. The van der Waals surface area contributed by atoms with Crippen LogP contribution in [-0.2, 0) is 6.54 Å². The molecule has 0 radical (unpaired) electrons. The molecule has 1 rings (SSSR count). The van der Waals surface area contributed by atoms with Gasteiger partial charge in [-0.3, -0.25) is 0 Å². The Bertz CT molecular complexity index is 380. The third-order valence-corrected chi connectivity index (χ3v) is 3.25. The normalized spacial score (nSPS) is 12.7. The average molecular weight is 267 g/mol. The molecule has 1 aromatic carbocycles. The lowest BCUT2D eigenvalue weighted by atomic mass is 10.00. The summed E-state index contributed by atoms with van der Waals surface area (Å²) in [6.45, 7) is 5.02. The van der Waals surface area contributed by atoms with Gasteiger partial charge in [-0.25, -0.2) is 0 Å². The first kappa shape index (κ1) is 16.0. The number of methoxy groups -OCH3 is 1. The topological polar surface area (TPSA) is 61.7 Å². The first-order chi connectivity index (χ1) is 9.12. The molecule has 1 atom stereocenters. The molecule has 1 aromatic rings. The molecule has 0 aliphatic rings. The Morgan fingerprint density at radius 3 is 2.53 bits per heavy atom. The number of hydrogen-bond acceptors (Lipinski definition) is 4. The molecular formula is C15H25NO3. The van der Waals surface area contributed by atoms with Gasteiger partial charge in [0.05, 0.1) is 13.7 Å². The lowest BCUT2D eigenvalue weighted by molar-refractivity contribution is 0.199. The van der Waals surface area contributed by atoms with Crippen LogP contribution in [0.3, 0.4) is 0 Å². The Hall–Kier alpha value is -1.10. The Balaban J connectivity index is 2.76. The van der Waals surface area contributed by atoms with Crippen LogP contribution in [0.2, 0.25) is 0 Å². The predicted molar refractivity (Wildman–Crippen MR) is 76.5 cm³/mol. The summed E-state index contributed by atoms with van der Waals surface area (Å²) in [5.41, 5.74) is 2.34. The van der Waals surface area contributed by atoms with Crippen molar-refractivity contribution in [2.45, 2.75) is 38.8 Å². The largest absolute Gasteiger partial charge is 0.496 e. The minimum Gasteiger partial charge on any atom is -0.496 e. The van der Waals surface area contributed by atoms with E-state index in [2.05, 4.69) is 31.3 Å². The van der Waals surface area contributed by atoms with Crippen LogP contribution in [0.5, 0.6) is 5.75 Å². The zero-order valence-corrected chi connectivity index (χ0v) is 12.0. The van der Waals surface area contributed by atoms with E-state index in [0.29, 0.717) is 18.9 Å². The van der Waals surface area contributed by atoms with Gasteiger partial charge in [-0.05, 0) is 24.0 Å². The molecule has 0 bridgehead atoms. The zero-order valence-electron chi connectivity index (χ0n) is 12.0. The van der Waals surface area contributed by atoms with E-state index in [-0.39, 0.29) is 19.3 Å². The van der Waals surface area contributed by atoms with Gasteiger partial charge < -0.3 is 20.3 Å². The summed E-state index contributed by atoms with van der Waals surface area (Å²) in [6, 6.07) is 6.10. The van der Waals surface area contributed by atoms with Crippen molar-refractivity contribution in [3.63, 3.8) is 0 Å². The Morgan fingerprint density at radius 1 is 1.26 bits per heavy atom. The molecule has 0 amide bonds. The van der Waals surface area contributed by atoms with E-state index in [1.54, 1.807) is 7.11 Å². The van der Waals surface area contributed by atoms with Crippen LogP contribution in [-0.4, -0.2) is 36.6 Å². The Labute approximate surface area is 115 Å². The fourth-order valence-corrected chi connectivity index (χ4v) is 1.96. The highest BCUT2D eigenvalue weighted by Gasteiger charge is 2.10. The number of nitrogens with one attached hydrogen (secondary N) is 1. The summed E-state index contributed by atoms with van der Waals surface area (Å²) in [4.78, 5) is 0. The highest BCUT2D eigenvalue weighted by molar-refractivity contribution is 5.38. The molecular weight excluding hydrogens is 242 g/mol. The van der Waals surface area contributed by atoms with Crippen LogP contribution >= 0.6 is 0 Å². The maximum atomic E-state index is 9.20. The van der Waals surface area contributed by atoms with Crippen molar-refractivity contribution in [3.05, 3.63) is 29.3 Å². The van der Waals surface area contributed by atoms with Gasteiger partial charge in [0.1, 0.15) is 5.75 Å². The Kier molecular flexibility index (Phi) is 6.84. The minimum atomic E-state index is -0.0857. The lowest BCUT2D eigenvalue weighted by Crippen LogP contribution is -2.33. The van der Waals surface area contributed by atoms with E-state index >= 15 is 0 Å². The highest BCUT2D eigenvalue weighted by atomic mass is 16.5. The van der Waals surface area contributed by atoms with Gasteiger partial charge in [0, 0.05) is 24.8 Å². The van der Waals surface area contributed by atoms with Gasteiger partial charge in [-0.2, -0.15) is 0 Å². The zero-order chi connectivity index (χ0) is 14.3. The number of hydrogen-bond donors (Lipinski definition) is 3. The first-order valence-corrected chi connectivity index (χ1v) is 6.74. The SMILES string of the molecule is COc1ccc(C(C)C)cc1CNC(CO)CCO. The average Bonchev–Trinajstić information content (AvgIpc) is 2.42. The third kappa shape index (κ3) is 4.82. The van der Waals surface area contributed by atoms with Gasteiger partial charge in [-0.15, -0.1) is 0 Å². The van der Waals surface area contributed by atoms with Gasteiger partial charge in [-0.1, -0.05) is 26.0 Å². The number of aliphatic hydroxyl groups excluding tert-OH is 2. The van der Waals surface area contributed by atoms with Crippen molar-refractivity contribution in [2.24, 2.45) is 0 Å². The molecule has 19 heavy (non-hydrogen) atoms. The van der Waals surface area contributed by atoms with Crippen molar-refractivity contribution < 1.29 is 14.9 Å². The Morgan fingerprint density at radius 2 is 2.00 bits per heavy atom. The molecule has 0 spiro atoms. The van der Waals surface area contributed by atoms with E-state index < -0.39 is 0 Å². The summed E-state index contributed by atoms with van der Waals surface area (Å²) < 4.78 is 5.35. The van der Waals surface area contributed by atoms with Crippen LogP contribution in [0.1, 0.15) is 37.3 Å². The molecule has 1 unspecified atom stereocenters. The smallest absolute Gasteiger partial charge is 0.123 e. The number of aliphatic hydroxyl groups is 2. The predicted octanol–water partition coefficient (Wildman–Crippen LogP) is 1.65. The van der Waals surface area contributed by atoms with Crippen LogP contribution in [0.15, 0.2) is 18.2 Å². The van der Waals surface area contributed by atoms with E-state index in [1.807, 2.05) is 6.07 Å². The van der Waals surface area contributed by atoms with Gasteiger partial charge in [0.15, 0.2) is 0 Å². The van der Waals surface area contributed by atoms with Crippen molar-refractivity contribution >= 4 is 0 Å². The molecule has 0 heterocycles. The fourth-order valence-electron chi connectivity index (χ4n) is 1.96. The second-order valence-corrected chi connectivity index (χ2v) is 5.00. The third-order valence-electron chi connectivity index (χ3n) is 3.25. The number of ether oxygens (including phenoxy) is 1. The van der Waals surface area contributed by atoms with Crippen molar-refractivity contribution in [2.75, 3.05) is 20.3 Å². The molecule has 4 heteroatoms. The highest BCUT2D eigenvalue weighted by Crippen LogP contribution is 2.24. The van der Waals surface area contributed by atoms with Gasteiger partial charge in [0.25, 0.3) is 0 Å². The van der Waals surface area contributed by atoms with E-state index in [9.17, 15) is 5.11 Å². The summed E-state index contributed by atoms with van der Waals surface area (Å²) >= 11 is 0. The summed E-state index contributed by atoms with van der Waals surface area (Å²) in [5, 5.41) is 21.3. The maximum absolute atomic E-state index is 9.20. The van der Waals surface area contributed by atoms with Crippen molar-refractivity contribution in [1.29, 1.82) is 0 Å². The minimum absolute atomic E-state index is 0.0206. The van der Waals surface area contributed by atoms with Crippen molar-refractivity contribution in [1.82, 2.24) is 5.32 Å². The first-order valence-electron chi connectivity index (χ1n) is 6.74. The lowest BCUT2D eigenvalue weighted by Gasteiger charge is -2.17. The van der Waals surface area contributed by atoms with Crippen molar-refractivity contribution in [3.8, 4) is 5.75 Å². The number of benzene rings is 1. The second-order valence-electron chi connectivity index (χ2n) is 5.00. The van der Waals surface area contributed by atoms with E-state index in [1.165, 1.54) is 5.56 Å². The van der Waals surface area contributed by atoms with E-state index in [0.717, 1.165) is 11.3 Å². The number of rotatable bonds is 8. The van der Waals surface area contributed by atoms with Crippen LogP contribution < -0.4 is 10.1 Å². The summed E-state index contributed by atoms with van der Waals surface area (Å²) in [7, 11) is 1.66. The maximum Gasteiger partial charge on any atom is 0.123 e. The van der Waals surface area contributed by atoms with Crippen LogP contribution in [0, 0.1) is 0 Å². The molecule has 0 fully saturated rings. The fraction of sp³-hybridized carbons (Fsp3) is 0.600.